The topological polar surface area (TPSA) is 107 Å². The van der Waals surface area contributed by atoms with Crippen LogP contribution in [0.25, 0.3) is 0 Å². The van der Waals surface area contributed by atoms with E-state index in [-0.39, 0.29) is 18.2 Å². The van der Waals surface area contributed by atoms with Crippen LogP contribution in [0.4, 0.5) is 11.4 Å². The molecule has 2 amide bonds. The second-order valence-corrected chi connectivity index (χ2v) is 7.33. The van der Waals surface area contributed by atoms with Gasteiger partial charge >= 0.3 is 0 Å². The highest BCUT2D eigenvalue weighted by Crippen LogP contribution is 2.29. The Balaban J connectivity index is 1.68. The lowest BCUT2D eigenvalue weighted by atomic mass is 10.0. The van der Waals surface area contributed by atoms with Gasteiger partial charge in [-0.1, -0.05) is 12.1 Å². The Labute approximate surface area is 193 Å². The average molecular weight is 449 g/mol. The van der Waals surface area contributed by atoms with Gasteiger partial charge in [0.1, 0.15) is 11.5 Å². The van der Waals surface area contributed by atoms with E-state index in [1.165, 1.54) is 0 Å². The maximum atomic E-state index is 13.0. The first-order chi connectivity index (χ1) is 15.9. The molecule has 1 unspecified atom stereocenters. The number of nitrogens with zero attached hydrogens (tertiary/aromatic N) is 2. The van der Waals surface area contributed by atoms with E-state index in [2.05, 4.69) is 10.3 Å². The zero-order chi connectivity index (χ0) is 23.8. The third kappa shape index (κ3) is 6.08. The van der Waals surface area contributed by atoms with Gasteiger partial charge in [-0.15, -0.1) is 0 Å². The molecule has 1 heterocycles. The summed E-state index contributed by atoms with van der Waals surface area (Å²) < 4.78 is 10.6. The molecule has 0 fully saturated rings. The van der Waals surface area contributed by atoms with Gasteiger partial charge < -0.3 is 25.4 Å². The van der Waals surface area contributed by atoms with E-state index in [0.717, 1.165) is 5.56 Å². The summed E-state index contributed by atoms with van der Waals surface area (Å²) in [6.45, 7) is 2.36. The molecule has 0 bridgehead atoms. The number of ether oxygens (including phenoxy) is 2. The molecule has 1 atom stereocenters. The minimum atomic E-state index is -0.517. The van der Waals surface area contributed by atoms with Crippen molar-refractivity contribution in [3.63, 3.8) is 0 Å². The molecule has 0 saturated carbocycles. The number of benzene rings is 2. The first-order valence-corrected chi connectivity index (χ1v) is 10.6. The molecule has 3 aromatic rings. The lowest BCUT2D eigenvalue weighted by Gasteiger charge is -2.24. The number of carbonyl (C=O) groups excluding carboxylic acids is 2. The van der Waals surface area contributed by atoms with E-state index in [1.807, 2.05) is 6.92 Å². The molecule has 0 aliphatic heterocycles. The molecule has 172 valence electrons. The quantitative estimate of drug-likeness (QED) is 0.516. The van der Waals surface area contributed by atoms with E-state index < -0.39 is 6.04 Å². The Morgan fingerprint density at radius 3 is 2.15 bits per heavy atom. The second kappa shape index (κ2) is 11.1. The maximum Gasteiger partial charge on any atom is 0.255 e. The van der Waals surface area contributed by atoms with Crippen molar-refractivity contribution in [2.45, 2.75) is 19.4 Å². The molecule has 0 saturated heterocycles. The van der Waals surface area contributed by atoms with Gasteiger partial charge in [0.25, 0.3) is 5.91 Å². The number of hydrogen-bond acceptors (Lipinski definition) is 6. The van der Waals surface area contributed by atoms with Crippen molar-refractivity contribution in [2.75, 3.05) is 31.0 Å². The van der Waals surface area contributed by atoms with Crippen LogP contribution in [0.1, 0.15) is 35.3 Å². The van der Waals surface area contributed by atoms with Crippen molar-refractivity contribution in [3.05, 3.63) is 78.1 Å². The van der Waals surface area contributed by atoms with Crippen molar-refractivity contribution >= 4 is 23.2 Å². The Bertz CT molecular complexity index is 1070. The van der Waals surface area contributed by atoms with Gasteiger partial charge in [0.15, 0.2) is 0 Å². The third-order valence-electron chi connectivity index (χ3n) is 5.20. The van der Waals surface area contributed by atoms with Crippen LogP contribution in [0.5, 0.6) is 11.5 Å². The zero-order valence-electron chi connectivity index (χ0n) is 18.9. The molecular formula is C25H28N4O4. The van der Waals surface area contributed by atoms with Crippen molar-refractivity contribution in [1.29, 1.82) is 0 Å². The minimum Gasteiger partial charge on any atom is -0.497 e. The van der Waals surface area contributed by atoms with Gasteiger partial charge in [0.2, 0.25) is 5.91 Å². The molecule has 1 aromatic heterocycles. The summed E-state index contributed by atoms with van der Waals surface area (Å²) in [6, 6.07) is 15.2. The maximum absolute atomic E-state index is 13.0. The van der Waals surface area contributed by atoms with Crippen LogP contribution < -0.4 is 25.4 Å². The van der Waals surface area contributed by atoms with Crippen LogP contribution in [-0.4, -0.2) is 37.6 Å². The van der Waals surface area contributed by atoms with Gasteiger partial charge in [-0.05, 0) is 36.8 Å². The lowest BCUT2D eigenvalue weighted by molar-refractivity contribution is -0.118. The fourth-order valence-corrected chi connectivity index (χ4v) is 3.39. The van der Waals surface area contributed by atoms with Gasteiger partial charge in [-0.25, -0.2) is 0 Å². The highest BCUT2D eigenvalue weighted by Gasteiger charge is 2.20. The number of anilines is 2. The number of rotatable bonds is 9. The average Bonchev–Trinajstić information content (AvgIpc) is 2.84. The summed E-state index contributed by atoms with van der Waals surface area (Å²) in [5.74, 6) is 0.836. The predicted molar refractivity (Wildman–Crippen MR) is 128 cm³/mol. The molecule has 0 radical (unpaired) electrons. The van der Waals surface area contributed by atoms with Crippen molar-refractivity contribution < 1.29 is 19.1 Å². The van der Waals surface area contributed by atoms with Crippen molar-refractivity contribution in [1.82, 2.24) is 4.98 Å². The van der Waals surface area contributed by atoms with E-state index in [9.17, 15) is 9.59 Å². The smallest absolute Gasteiger partial charge is 0.255 e. The predicted octanol–water partition coefficient (Wildman–Crippen LogP) is 3.79. The fraction of sp³-hybridized carbons (Fsp3) is 0.240. The van der Waals surface area contributed by atoms with E-state index in [1.54, 1.807) is 86.1 Å². The molecule has 3 rings (SSSR count). The molecule has 2 aromatic carbocycles. The van der Waals surface area contributed by atoms with Crippen LogP contribution in [0.15, 0.2) is 67.0 Å². The largest absolute Gasteiger partial charge is 0.497 e. The standard InChI is InChI=1S/C25H28N4O4/c1-4-29(20-13-21(32-2)15-22(14-20)33-3)24(30)16-23(26)17-5-7-18(8-6-17)25(31)28-19-9-11-27-12-10-19/h5-15,23H,4,16,26H2,1-3H3,(H,27,28,31). The molecule has 33 heavy (non-hydrogen) atoms. The first kappa shape index (κ1) is 23.7. The number of carbonyl (C=O) groups is 2. The summed E-state index contributed by atoms with van der Waals surface area (Å²) >= 11 is 0. The molecule has 0 aliphatic carbocycles. The number of amides is 2. The van der Waals surface area contributed by atoms with Gasteiger partial charge in [-0.2, -0.15) is 0 Å². The first-order valence-electron chi connectivity index (χ1n) is 10.6. The Morgan fingerprint density at radius 1 is 1.00 bits per heavy atom. The molecular weight excluding hydrogens is 420 g/mol. The van der Waals surface area contributed by atoms with Crippen LogP contribution in [0, 0.1) is 0 Å². The highest BCUT2D eigenvalue weighted by atomic mass is 16.5. The van der Waals surface area contributed by atoms with Crippen molar-refractivity contribution in [2.24, 2.45) is 5.73 Å². The minimum absolute atomic E-state index is 0.107. The fourth-order valence-electron chi connectivity index (χ4n) is 3.39. The molecule has 0 aliphatic rings. The summed E-state index contributed by atoms with van der Waals surface area (Å²) in [7, 11) is 3.13. The zero-order valence-corrected chi connectivity index (χ0v) is 18.9. The van der Waals surface area contributed by atoms with E-state index in [0.29, 0.717) is 35.0 Å². The van der Waals surface area contributed by atoms with Crippen LogP contribution in [0.2, 0.25) is 0 Å². The molecule has 3 N–H and O–H groups in total. The number of pyridine rings is 1. The van der Waals surface area contributed by atoms with Gasteiger partial charge in [-0.3, -0.25) is 14.6 Å². The summed E-state index contributed by atoms with van der Waals surface area (Å²) in [4.78, 5) is 31.0. The number of aromatic nitrogens is 1. The third-order valence-corrected chi connectivity index (χ3v) is 5.20. The molecule has 0 spiro atoms. The van der Waals surface area contributed by atoms with Crippen LogP contribution >= 0.6 is 0 Å². The number of nitrogens with two attached hydrogens (primary N) is 1. The Morgan fingerprint density at radius 2 is 1.61 bits per heavy atom. The summed E-state index contributed by atoms with van der Waals surface area (Å²) in [6.07, 6.45) is 3.32. The number of nitrogens with one attached hydrogen (secondary N) is 1. The highest BCUT2D eigenvalue weighted by molar-refractivity contribution is 6.04. The van der Waals surface area contributed by atoms with Crippen LogP contribution in [0.3, 0.4) is 0 Å². The van der Waals surface area contributed by atoms with Gasteiger partial charge in [0, 0.05) is 60.9 Å². The number of hydrogen-bond donors (Lipinski definition) is 2. The molecule has 8 heteroatoms. The second-order valence-electron chi connectivity index (χ2n) is 7.33. The van der Waals surface area contributed by atoms with Crippen LogP contribution in [-0.2, 0) is 4.79 Å². The Hall–Kier alpha value is -3.91. The normalized spacial score (nSPS) is 11.4. The van der Waals surface area contributed by atoms with E-state index >= 15 is 0 Å². The number of methoxy groups -OCH3 is 2. The molecule has 8 nitrogen and oxygen atoms in total. The SMILES string of the molecule is CCN(C(=O)CC(N)c1ccc(C(=O)Nc2ccncc2)cc1)c1cc(OC)cc(OC)c1. The monoisotopic (exact) mass is 448 g/mol. The lowest BCUT2D eigenvalue weighted by Crippen LogP contribution is -2.33. The van der Waals surface area contributed by atoms with Crippen molar-refractivity contribution in [3.8, 4) is 11.5 Å². The Kier molecular flexibility index (Phi) is 7.99. The summed E-state index contributed by atoms with van der Waals surface area (Å²) in [5, 5.41) is 2.81. The van der Waals surface area contributed by atoms with E-state index in [4.69, 9.17) is 15.2 Å². The summed E-state index contributed by atoms with van der Waals surface area (Å²) in [5.41, 5.74) is 8.92. The van der Waals surface area contributed by atoms with Gasteiger partial charge in [0.05, 0.1) is 19.9 Å².